The Kier molecular flexibility index (Phi) is 5.76. The van der Waals surface area contributed by atoms with Gasteiger partial charge in [0.05, 0.1) is 11.8 Å². The number of para-hydroxylation sites is 1. The molecule has 10 nitrogen and oxygen atoms in total. The summed E-state index contributed by atoms with van der Waals surface area (Å²) in [6.45, 7) is -0.0235. The summed E-state index contributed by atoms with van der Waals surface area (Å²) < 4.78 is 18.2. The summed E-state index contributed by atoms with van der Waals surface area (Å²) in [5, 5.41) is 11.5. The first kappa shape index (κ1) is 22.1. The number of hydrogen-bond donors (Lipinski definition) is 1. The van der Waals surface area contributed by atoms with Crippen LogP contribution in [-0.4, -0.2) is 39.6 Å². The van der Waals surface area contributed by atoms with Crippen molar-refractivity contribution in [1.29, 1.82) is 0 Å². The molecule has 3 heterocycles. The monoisotopic (exact) mass is 487 g/mol. The zero-order chi connectivity index (χ0) is 24.5. The van der Waals surface area contributed by atoms with Crippen molar-refractivity contribution in [3.05, 3.63) is 66.6 Å². The normalized spacial score (nSPS) is 15.8. The maximum Gasteiger partial charge on any atom is 0.251 e. The average molecular weight is 488 g/mol. The molecule has 2 aromatic heterocycles. The molecule has 6 rings (SSSR count). The number of carbonyl (C=O) groups is 2. The smallest absolute Gasteiger partial charge is 0.251 e. The molecular weight excluding hydrogens is 462 g/mol. The van der Waals surface area contributed by atoms with E-state index in [1.54, 1.807) is 30.3 Å². The molecule has 2 amide bonds. The number of rotatable bonds is 7. The number of amides is 2. The highest BCUT2D eigenvalue weighted by molar-refractivity contribution is 6.01. The number of anilines is 1. The zero-order valence-electron chi connectivity index (χ0n) is 19.5. The van der Waals surface area contributed by atoms with Crippen LogP contribution in [0.1, 0.15) is 37.5 Å². The van der Waals surface area contributed by atoms with Crippen LogP contribution in [0.5, 0.6) is 11.5 Å². The first-order valence-electron chi connectivity index (χ1n) is 12.0. The first-order valence-corrected chi connectivity index (χ1v) is 12.0. The van der Waals surface area contributed by atoms with Crippen LogP contribution in [0.3, 0.4) is 0 Å². The minimum absolute atomic E-state index is 0.0722. The largest absolute Gasteiger partial charge is 0.467 e. The van der Waals surface area contributed by atoms with Gasteiger partial charge in [-0.25, -0.2) is 4.68 Å². The van der Waals surface area contributed by atoms with Crippen molar-refractivity contribution < 1.29 is 23.5 Å². The van der Waals surface area contributed by atoms with Gasteiger partial charge in [0.1, 0.15) is 17.8 Å². The Hall–Kier alpha value is -4.34. The maximum atomic E-state index is 14.0. The van der Waals surface area contributed by atoms with Crippen LogP contribution in [0.15, 0.2) is 65.3 Å². The van der Waals surface area contributed by atoms with E-state index >= 15 is 0 Å². The van der Waals surface area contributed by atoms with E-state index < -0.39 is 6.04 Å². The molecule has 10 heteroatoms. The molecule has 1 aliphatic heterocycles. The van der Waals surface area contributed by atoms with Gasteiger partial charge in [-0.15, -0.1) is 5.10 Å². The van der Waals surface area contributed by atoms with Crippen molar-refractivity contribution in [3.63, 3.8) is 0 Å². The number of nitrogens with one attached hydrogen (secondary N) is 1. The van der Waals surface area contributed by atoms with E-state index in [2.05, 4.69) is 15.6 Å². The van der Waals surface area contributed by atoms with Gasteiger partial charge < -0.3 is 19.2 Å². The molecule has 1 saturated carbocycles. The molecular formula is C26H25N5O5. The van der Waals surface area contributed by atoms with Gasteiger partial charge >= 0.3 is 0 Å². The molecule has 0 radical (unpaired) electrons. The van der Waals surface area contributed by atoms with Gasteiger partial charge in [0, 0.05) is 17.8 Å². The Morgan fingerprint density at radius 2 is 1.89 bits per heavy atom. The lowest BCUT2D eigenvalue weighted by Crippen LogP contribution is -2.47. The van der Waals surface area contributed by atoms with Crippen molar-refractivity contribution >= 4 is 28.5 Å². The van der Waals surface area contributed by atoms with Crippen molar-refractivity contribution in [2.45, 2.75) is 44.3 Å². The molecule has 2 aliphatic rings. The fraction of sp³-hybridized carbons (Fsp3) is 0.308. The molecule has 1 atom stereocenters. The Labute approximate surface area is 206 Å². The lowest BCUT2D eigenvalue weighted by molar-refractivity contribution is -0.127. The van der Waals surface area contributed by atoms with Gasteiger partial charge in [0.15, 0.2) is 17.5 Å². The van der Waals surface area contributed by atoms with Crippen molar-refractivity contribution in [2.75, 3.05) is 11.7 Å². The summed E-state index contributed by atoms with van der Waals surface area (Å²) in [6, 6.07) is 15.1. The van der Waals surface area contributed by atoms with Crippen LogP contribution in [0.25, 0.3) is 11.0 Å². The number of ether oxygens (including phenoxy) is 2. The van der Waals surface area contributed by atoms with Gasteiger partial charge in [-0.05, 0) is 49.2 Å². The van der Waals surface area contributed by atoms with E-state index in [9.17, 15) is 9.59 Å². The van der Waals surface area contributed by atoms with Crippen LogP contribution in [0.2, 0.25) is 0 Å². The lowest BCUT2D eigenvalue weighted by Gasteiger charge is -2.31. The molecule has 0 saturated heterocycles. The Bertz CT molecular complexity index is 1390. The topological polar surface area (TPSA) is 112 Å². The van der Waals surface area contributed by atoms with Gasteiger partial charge in [0.2, 0.25) is 12.7 Å². The number of furan rings is 1. The molecule has 2 aromatic carbocycles. The van der Waals surface area contributed by atoms with Crippen LogP contribution >= 0.6 is 0 Å². The van der Waals surface area contributed by atoms with Crippen LogP contribution in [0.4, 0.5) is 5.69 Å². The Morgan fingerprint density at radius 1 is 1.06 bits per heavy atom. The number of hydrogen-bond acceptors (Lipinski definition) is 7. The van der Waals surface area contributed by atoms with E-state index in [1.165, 1.54) is 15.8 Å². The highest BCUT2D eigenvalue weighted by Gasteiger charge is 2.37. The minimum Gasteiger partial charge on any atom is -0.467 e. The molecule has 0 bridgehead atoms. The van der Waals surface area contributed by atoms with E-state index in [0.29, 0.717) is 28.5 Å². The molecule has 36 heavy (non-hydrogen) atoms. The summed E-state index contributed by atoms with van der Waals surface area (Å²) in [4.78, 5) is 29.1. The molecule has 1 aliphatic carbocycles. The van der Waals surface area contributed by atoms with Crippen LogP contribution in [0, 0.1) is 0 Å². The molecule has 1 N–H and O–H groups in total. The molecule has 1 unspecified atom stereocenters. The number of carbonyl (C=O) groups excluding carboxylic acids is 2. The summed E-state index contributed by atoms with van der Waals surface area (Å²) in [7, 11) is 0. The number of fused-ring (bicyclic) bond motifs is 2. The molecule has 1 fully saturated rings. The summed E-state index contributed by atoms with van der Waals surface area (Å²) in [5.41, 5.74) is 1.89. The van der Waals surface area contributed by atoms with Crippen molar-refractivity contribution in [2.24, 2.45) is 0 Å². The molecule has 0 spiro atoms. The quantitative estimate of drug-likeness (QED) is 0.424. The number of benzene rings is 2. The highest BCUT2D eigenvalue weighted by atomic mass is 16.7. The van der Waals surface area contributed by atoms with Gasteiger partial charge in [-0.3, -0.25) is 14.5 Å². The summed E-state index contributed by atoms with van der Waals surface area (Å²) in [6.07, 6.45) is 5.47. The van der Waals surface area contributed by atoms with E-state index in [1.807, 2.05) is 24.3 Å². The second kappa shape index (κ2) is 9.37. The van der Waals surface area contributed by atoms with Crippen LogP contribution < -0.4 is 19.7 Å². The van der Waals surface area contributed by atoms with Crippen molar-refractivity contribution in [3.8, 4) is 11.5 Å². The Balaban J connectivity index is 1.40. The SMILES string of the molecule is O=C(NC1CCCC1)C(c1ccco1)N(C(=O)Cn1nnc2ccccc21)c1ccc2c(c1)OCO2. The minimum atomic E-state index is -1.02. The molecule has 184 valence electrons. The number of aromatic nitrogens is 3. The summed E-state index contributed by atoms with van der Waals surface area (Å²) >= 11 is 0. The first-order chi connectivity index (χ1) is 17.7. The van der Waals surface area contributed by atoms with E-state index in [0.717, 1.165) is 31.2 Å². The van der Waals surface area contributed by atoms with E-state index in [4.69, 9.17) is 13.9 Å². The third kappa shape index (κ3) is 4.15. The van der Waals surface area contributed by atoms with Crippen LogP contribution in [-0.2, 0) is 16.1 Å². The standard InChI is InChI=1S/C26H25N5O5/c32-24(15-30-20-9-4-3-8-19(20)28-29-30)31(18-11-12-21-23(14-18)36-16-35-21)25(22-10-5-13-34-22)26(33)27-17-6-1-2-7-17/h3-5,8-14,17,25H,1-2,6-7,15-16H2,(H,27,33). The van der Waals surface area contributed by atoms with Gasteiger partial charge in [0.25, 0.3) is 5.91 Å². The fourth-order valence-electron chi connectivity index (χ4n) is 4.88. The van der Waals surface area contributed by atoms with Gasteiger partial charge in [-0.2, -0.15) is 0 Å². The lowest BCUT2D eigenvalue weighted by atomic mass is 10.1. The highest BCUT2D eigenvalue weighted by Crippen LogP contribution is 2.38. The third-order valence-electron chi connectivity index (χ3n) is 6.63. The summed E-state index contributed by atoms with van der Waals surface area (Å²) in [5.74, 6) is 0.794. The second-order valence-corrected chi connectivity index (χ2v) is 8.95. The second-order valence-electron chi connectivity index (χ2n) is 8.95. The number of nitrogens with zero attached hydrogens (tertiary/aromatic N) is 4. The van der Waals surface area contributed by atoms with E-state index in [-0.39, 0.29) is 31.2 Å². The predicted molar refractivity (Wildman–Crippen MR) is 129 cm³/mol. The average Bonchev–Trinajstić information content (AvgIpc) is 3.70. The van der Waals surface area contributed by atoms with Crippen molar-refractivity contribution in [1.82, 2.24) is 20.3 Å². The third-order valence-corrected chi connectivity index (χ3v) is 6.63. The maximum absolute atomic E-state index is 14.0. The zero-order valence-corrected chi connectivity index (χ0v) is 19.5. The molecule has 4 aromatic rings. The fourth-order valence-corrected chi connectivity index (χ4v) is 4.88. The van der Waals surface area contributed by atoms with Gasteiger partial charge in [-0.1, -0.05) is 30.2 Å². The predicted octanol–water partition coefficient (Wildman–Crippen LogP) is 3.59. The Morgan fingerprint density at radius 3 is 2.72 bits per heavy atom.